The lowest BCUT2D eigenvalue weighted by Crippen LogP contribution is -2.58. The first-order chi connectivity index (χ1) is 13.7. The lowest BCUT2D eigenvalue weighted by Gasteiger charge is -2.62. The fourth-order valence-corrected chi connectivity index (χ4v) is 7.97. The van der Waals surface area contributed by atoms with Crippen molar-refractivity contribution in [2.24, 2.45) is 51.0 Å². The molecule has 0 aromatic rings. The summed E-state index contributed by atoms with van der Waals surface area (Å²) in [4.78, 5) is 4.21. The summed E-state index contributed by atoms with van der Waals surface area (Å²) in [5, 5.41) is 21.9. The molecule has 0 spiro atoms. The van der Waals surface area contributed by atoms with E-state index >= 15 is 0 Å². The van der Waals surface area contributed by atoms with Crippen LogP contribution in [0.2, 0.25) is 0 Å². The number of rotatable bonds is 4. The Morgan fingerprint density at radius 1 is 1.00 bits per heavy atom. The van der Waals surface area contributed by atoms with Gasteiger partial charge in [0, 0.05) is 0 Å². The maximum absolute atomic E-state index is 11.2. The first-order valence-electron chi connectivity index (χ1n) is 11.8. The van der Waals surface area contributed by atoms with E-state index in [9.17, 15) is 10.2 Å². The molecule has 4 saturated carbocycles. The van der Waals surface area contributed by atoms with Gasteiger partial charge in [0.15, 0.2) is 12.2 Å². The Morgan fingerprint density at radius 3 is 2.38 bits per heavy atom. The third-order valence-corrected chi connectivity index (χ3v) is 9.57. The zero-order valence-corrected chi connectivity index (χ0v) is 18.4. The number of ether oxygens (including phenoxy) is 1. The van der Waals surface area contributed by atoms with Crippen LogP contribution in [0.5, 0.6) is 0 Å². The van der Waals surface area contributed by atoms with E-state index in [0.29, 0.717) is 17.8 Å². The second-order valence-corrected chi connectivity index (χ2v) is 10.9. The Kier molecular flexibility index (Phi) is 5.67. The van der Waals surface area contributed by atoms with E-state index in [1.54, 1.807) is 0 Å². The highest BCUT2D eigenvalue weighted by Gasteiger charge is 2.62. The van der Waals surface area contributed by atoms with Crippen LogP contribution in [0.1, 0.15) is 78.6 Å². The Balaban J connectivity index is 1.50. The lowest BCUT2D eigenvalue weighted by molar-refractivity contribution is -0.184. The van der Waals surface area contributed by atoms with Crippen molar-refractivity contribution < 1.29 is 14.9 Å². The molecule has 0 heterocycles. The van der Waals surface area contributed by atoms with Gasteiger partial charge in [-0.2, -0.15) is 0 Å². The molecule has 4 fully saturated rings. The van der Waals surface area contributed by atoms with Crippen LogP contribution in [0, 0.1) is 34.5 Å². The van der Waals surface area contributed by atoms with Gasteiger partial charge in [0.05, 0.1) is 18.3 Å². The van der Waals surface area contributed by atoms with Crippen molar-refractivity contribution in [1.29, 1.82) is 0 Å². The number of aliphatic hydroxyl groups is 2. The SMILES string of the molecule is CCC(N=C(N)N)O[C@H]1CC[C@@]2(C)[C@H](C1)[C@@H](O)C[C@@H]1[C@@H]2CC[C@]2(C)[C@@H](O)CC[C@@H]12. The van der Waals surface area contributed by atoms with Gasteiger partial charge in [-0.05, 0) is 92.3 Å². The van der Waals surface area contributed by atoms with Crippen molar-refractivity contribution in [3.63, 3.8) is 0 Å². The summed E-state index contributed by atoms with van der Waals surface area (Å²) in [7, 11) is 0. The van der Waals surface area contributed by atoms with Gasteiger partial charge in [-0.15, -0.1) is 0 Å². The van der Waals surface area contributed by atoms with Crippen LogP contribution < -0.4 is 11.5 Å². The predicted molar refractivity (Wildman–Crippen MR) is 114 cm³/mol. The van der Waals surface area contributed by atoms with E-state index in [0.717, 1.165) is 51.4 Å². The normalized spacial score (nSPS) is 50.2. The molecule has 0 aliphatic heterocycles. The Labute approximate surface area is 175 Å². The lowest BCUT2D eigenvalue weighted by atomic mass is 9.44. The Morgan fingerprint density at radius 2 is 1.69 bits per heavy atom. The molecule has 1 unspecified atom stereocenters. The molecular formula is C23H41N3O3. The van der Waals surface area contributed by atoms with Gasteiger partial charge in [0.25, 0.3) is 0 Å². The third-order valence-electron chi connectivity index (χ3n) is 9.57. The van der Waals surface area contributed by atoms with E-state index in [2.05, 4.69) is 18.8 Å². The molecule has 10 atom stereocenters. The molecule has 0 saturated heterocycles. The number of nitrogens with zero attached hydrogens (tertiary/aromatic N) is 1. The maximum atomic E-state index is 11.2. The van der Waals surface area contributed by atoms with E-state index in [4.69, 9.17) is 16.2 Å². The number of nitrogens with two attached hydrogens (primary N) is 2. The van der Waals surface area contributed by atoms with Crippen LogP contribution in [-0.2, 0) is 4.74 Å². The maximum Gasteiger partial charge on any atom is 0.188 e. The van der Waals surface area contributed by atoms with Crippen molar-refractivity contribution >= 4 is 5.96 Å². The molecule has 0 aromatic heterocycles. The molecule has 6 heteroatoms. The summed E-state index contributed by atoms with van der Waals surface area (Å²) in [6.07, 6.45) is 8.34. The smallest absolute Gasteiger partial charge is 0.188 e. The van der Waals surface area contributed by atoms with Crippen LogP contribution >= 0.6 is 0 Å². The number of hydrogen-bond donors (Lipinski definition) is 4. The largest absolute Gasteiger partial charge is 0.393 e. The van der Waals surface area contributed by atoms with Gasteiger partial charge in [0.1, 0.15) is 0 Å². The molecule has 6 N–H and O–H groups in total. The average Bonchev–Trinajstić information content (AvgIpc) is 2.97. The molecule has 4 rings (SSSR count). The quantitative estimate of drug-likeness (QED) is 0.423. The summed E-state index contributed by atoms with van der Waals surface area (Å²) in [5.41, 5.74) is 11.3. The molecule has 0 aromatic carbocycles. The minimum atomic E-state index is -0.293. The van der Waals surface area contributed by atoms with Crippen molar-refractivity contribution in [3.8, 4) is 0 Å². The molecule has 6 nitrogen and oxygen atoms in total. The number of hydrogen-bond acceptors (Lipinski definition) is 4. The molecule has 0 amide bonds. The van der Waals surface area contributed by atoms with Crippen LogP contribution in [-0.4, -0.2) is 40.7 Å². The minimum absolute atomic E-state index is 0.0545. The molecule has 166 valence electrons. The van der Waals surface area contributed by atoms with E-state index in [1.165, 1.54) is 6.42 Å². The van der Waals surface area contributed by atoms with E-state index < -0.39 is 0 Å². The molecule has 29 heavy (non-hydrogen) atoms. The fourth-order valence-electron chi connectivity index (χ4n) is 7.97. The average molecular weight is 408 g/mol. The molecule has 0 radical (unpaired) electrons. The van der Waals surface area contributed by atoms with Crippen LogP contribution in [0.25, 0.3) is 0 Å². The topological polar surface area (TPSA) is 114 Å². The number of aliphatic imine (C=N–C) groups is 1. The zero-order valence-electron chi connectivity index (χ0n) is 18.4. The van der Waals surface area contributed by atoms with Crippen molar-refractivity contribution in [3.05, 3.63) is 0 Å². The standard InChI is InChI=1S/C23H41N3O3/c1-4-20(26-21(24)25)29-13-7-9-22(2)16-8-10-23(3)15(5-6-19(23)28)14(16)12-18(27)17(22)11-13/h13-20,27-28H,4-12H2,1-3H3,(H4,24,25,26)/t13-,14-,15-,16-,17+,18-,19-,20?,22+,23-/m0/s1. The first-order valence-corrected chi connectivity index (χ1v) is 11.8. The van der Waals surface area contributed by atoms with Crippen LogP contribution in [0.4, 0.5) is 0 Å². The van der Waals surface area contributed by atoms with E-state index in [-0.39, 0.29) is 47.2 Å². The fraction of sp³-hybridized carbons (Fsp3) is 0.957. The summed E-state index contributed by atoms with van der Waals surface area (Å²) in [6.45, 7) is 6.75. The summed E-state index contributed by atoms with van der Waals surface area (Å²) < 4.78 is 6.24. The minimum Gasteiger partial charge on any atom is -0.393 e. The summed E-state index contributed by atoms with van der Waals surface area (Å²) in [6, 6.07) is 0. The van der Waals surface area contributed by atoms with Crippen molar-refractivity contribution in [1.82, 2.24) is 0 Å². The Hall–Kier alpha value is -0.850. The molecule has 4 aliphatic carbocycles. The van der Waals surface area contributed by atoms with Crippen LogP contribution in [0.3, 0.4) is 0 Å². The predicted octanol–water partition coefficient (Wildman–Crippen LogP) is 2.76. The van der Waals surface area contributed by atoms with Gasteiger partial charge >= 0.3 is 0 Å². The van der Waals surface area contributed by atoms with Gasteiger partial charge < -0.3 is 26.4 Å². The van der Waals surface area contributed by atoms with Gasteiger partial charge in [0.2, 0.25) is 0 Å². The van der Waals surface area contributed by atoms with Gasteiger partial charge in [-0.25, -0.2) is 4.99 Å². The van der Waals surface area contributed by atoms with Crippen LogP contribution in [0.15, 0.2) is 4.99 Å². The molecular weight excluding hydrogens is 366 g/mol. The van der Waals surface area contributed by atoms with Gasteiger partial charge in [-0.1, -0.05) is 20.8 Å². The van der Waals surface area contributed by atoms with Crippen molar-refractivity contribution in [2.75, 3.05) is 0 Å². The highest BCUT2D eigenvalue weighted by atomic mass is 16.5. The second-order valence-electron chi connectivity index (χ2n) is 10.9. The monoisotopic (exact) mass is 407 g/mol. The highest BCUT2D eigenvalue weighted by Crippen LogP contribution is 2.66. The van der Waals surface area contributed by atoms with Crippen molar-refractivity contribution in [2.45, 2.75) is 103 Å². The number of fused-ring (bicyclic) bond motifs is 5. The summed E-state index contributed by atoms with van der Waals surface area (Å²) >= 11 is 0. The molecule has 4 aliphatic rings. The van der Waals surface area contributed by atoms with Gasteiger partial charge in [-0.3, -0.25) is 0 Å². The second kappa shape index (κ2) is 7.69. The number of guanidine groups is 1. The number of aliphatic hydroxyl groups excluding tert-OH is 2. The van der Waals surface area contributed by atoms with E-state index in [1.807, 2.05) is 6.92 Å². The summed E-state index contributed by atoms with van der Waals surface area (Å²) in [5.74, 6) is 2.10. The highest BCUT2D eigenvalue weighted by molar-refractivity contribution is 5.75. The molecule has 0 bridgehead atoms. The first kappa shape index (κ1) is 21.4. The third kappa shape index (κ3) is 3.49. The zero-order chi connectivity index (χ0) is 21.0. The Bertz CT molecular complexity index is 639.